The molecule has 2 aromatic carbocycles. The van der Waals surface area contributed by atoms with Gasteiger partial charge in [-0.05, 0) is 29.8 Å². The molecule has 0 bridgehead atoms. The first-order valence-corrected chi connectivity index (χ1v) is 9.43. The van der Waals surface area contributed by atoms with Crippen molar-refractivity contribution in [3.63, 3.8) is 0 Å². The van der Waals surface area contributed by atoms with Gasteiger partial charge in [0.1, 0.15) is 4.90 Å². The Morgan fingerprint density at radius 1 is 1.16 bits per heavy atom. The van der Waals surface area contributed by atoms with Crippen molar-refractivity contribution in [2.75, 3.05) is 6.54 Å². The molecule has 0 saturated heterocycles. The van der Waals surface area contributed by atoms with Crippen LogP contribution in [0.5, 0.6) is 0 Å². The van der Waals surface area contributed by atoms with Crippen LogP contribution in [-0.4, -0.2) is 37.0 Å². The number of nitrogens with zero attached hydrogens (tertiary/aromatic N) is 2. The second-order valence-electron chi connectivity index (χ2n) is 5.81. The number of hydrogen-bond acceptors (Lipinski definition) is 5. The molecule has 1 amide bonds. The van der Waals surface area contributed by atoms with E-state index in [9.17, 15) is 13.2 Å². The van der Waals surface area contributed by atoms with Gasteiger partial charge in [-0.3, -0.25) is 4.79 Å². The van der Waals surface area contributed by atoms with Crippen LogP contribution in [0, 0.1) is 0 Å². The van der Waals surface area contributed by atoms with Gasteiger partial charge in [-0.15, -0.1) is 0 Å². The van der Waals surface area contributed by atoms with Crippen molar-refractivity contribution in [2.24, 2.45) is 5.16 Å². The second kappa shape index (κ2) is 5.86. The molecule has 0 aliphatic carbocycles. The van der Waals surface area contributed by atoms with Crippen LogP contribution in [0.15, 0.2) is 58.6 Å². The summed E-state index contributed by atoms with van der Waals surface area (Å²) in [5, 5.41) is 4.64. The van der Waals surface area contributed by atoms with Crippen molar-refractivity contribution in [3.05, 3.63) is 64.7 Å². The lowest BCUT2D eigenvalue weighted by Gasteiger charge is -2.18. The molecular formula is C17H13ClN2O4S. The van der Waals surface area contributed by atoms with Crippen LogP contribution in [0.25, 0.3) is 0 Å². The number of amides is 1. The van der Waals surface area contributed by atoms with Crippen LogP contribution >= 0.6 is 11.6 Å². The monoisotopic (exact) mass is 376 g/mol. The van der Waals surface area contributed by atoms with E-state index in [1.807, 2.05) is 12.1 Å². The molecule has 2 heterocycles. The number of carbonyl (C=O) groups excluding carboxylic acids is 1. The molecule has 2 aliphatic heterocycles. The summed E-state index contributed by atoms with van der Waals surface area (Å²) in [6, 6.07) is 13.3. The molecule has 0 fully saturated rings. The summed E-state index contributed by atoms with van der Waals surface area (Å²) in [5.41, 5.74) is 1.74. The van der Waals surface area contributed by atoms with Gasteiger partial charge in [0.05, 0.1) is 17.8 Å². The Labute approximate surface area is 149 Å². The molecule has 0 radical (unpaired) electrons. The predicted octanol–water partition coefficient (Wildman–Crippen LogP) is 2.68. The summed E-state index contributed by atoms with van der Waals surface area (Å²) in [6.07, 6.45) is -0.101. The zero-order valence-corrected chi connectivity index (χ0v) is 14.5. The number of halogens is 1. The molecule has 0 saturated carbocycles. The average Bonchev–Trinajstić information content (AvgIpc) is 3.14. The molecular weight excluding hydrogens is 364 g/mol. The Balaban J connectivity index is 1.51. The van der Waals surface area contributed by atoms with E-state index < -0.39 is 22.0 Å². The van der Waals surface area contributed by atoms with Crippen molar-refractivity contribution < 1.29 is 18.0 Å². The fourth-order valence-corrected chi connectivity index (χ4v) is 4.66. The first-order chi connectivity index (χ1) is 12.0. The van der Waals surface area contributed by atoms with Gasteiger partial charge in [-0.1, -0.05) is 41.0 Å². The predicted molar refractivity (Wildman–Crippen MR) is 92.1 cm³/mol. The Bertz CT molecular complexity index is 986. The van der Waals surface area contributed by atoms with Gasteiger partial charge in [-0.25, -0.2) is 12.7 Å². The highest BCUT2D eigenvalue weighted by Crippen LogP contribution is 2.31. The van der Waals surface area contributed by atoms with Crippen LogP contribution in [0.4, 0.5) is 0 Å². The molecule has 4 rings (SSSR count). The van der Waals surface area contributed by atoms with Crippen LogP contribution in [0.1, 0.15) is 22.3 Å². The number of hydrogen-bond donors (Lipinski definition) is 0. The summed E-state index contributed by atoms with van der Waals surface area (Å²) < 4.78 is 26.0. The highest BCUT2D eigenvalue weighted by Gasteiger charge is 2.43. The van der Waals surface area contributed by atoms with E-state index in [2.05, 4.69) is 5.16 Å². The van der Waals surface area contributed by atoms with Gasteiger partial charge in [0, 0.05) is 11.4 Å². The number of benzene rings is 2. The van der Waals surface area contributed by atoms with Crippen LogP contribution < -0.4 is 0 Å². The van der Waals surface area contributed by atoms with E-state index in [4.69, 9.17) is 16.4 Å². The Morgan fingerprint density at radius 3 is 2.60 bits per heavy atom. The molecule has 0 unspecified atom stereocenters. The zero-order valence-electron chi connectivity index (χ0n) is 12.9. The first kappa shape index (κ1) is 16.1. The molecule has 25 heavy (non-hydrogen) atoms. The molecule has 2 aromatic rings. The first-order valence-electron chi connectivity index (χ1n) is 7.61. The third kappa shape index (κ3) is 2.69. The van der Waals surface area contributed by atoms with E-state index in [0.717, 1.165) is 9.87 Å². The molecule has 0 spiro atoms. The van der Waals surface area contributed by atoms with Gasteiger partial charge < -0.3 is 4.84 Å². The smallest absolute Gasteiger partial charge is 0.269 e. The van der Waals surface area contributed by atoms with E-state index in [-0.39, 0.29) is 17.0 Å². The summed E-state index contributed by atoms with van der Waals surface area (Å²) in [7, 11) is -3.84. The lowest BCUT2D eigenvalue weighted by molar-refractivity contribution is 0.0599. The van der Waals surface area contributed by atoms with E-state index in [1.54, 1.807) is 24.3 Å². The van der Waals surface area contributed by atoms with Crippen LogP contribution in [0.2, 0.25) is 5.02 Å². The second-order valence-corrected chi connectivity index (χ2v) is 8.08. The molecule has 0 aromatic heterocycles. The van der Waals surface area contributed by atoms with E-state index in [0.29, 0.717) is 17.2 Å². The maximum Gasteiger partial charge on any atom is 0.269 e. The highest BCUT2D eigenvalue weighted by molar-refractivity contribution is 7.90. The fraction of sp³-hybridized carbons (Fsp3) is 0.176. The molecule has 0 N–H and O–H groups in total. The Kier molecular flexibility index (Phi) is 3.77. The summed E-state index contributed by atoms with van der Waals surface area (Å²) in [4.78, 5) is 17.8. The van der Waals surface area contributed by atoms with Crippen molar-refractivity contribution in [2.45, 2.75) is 17.4 Å². The Hall–Kier alpha value is -2.38. The number of sulfonamides is 1. The minimum absolute atomic E-state index is 0.0387. The highest BCUT2D eigenvalue weighted by atomic mass is 35.5. The minimum atomic E-state index is -3.84. The quantitative estimate of drug-likeness (QED) is 0.825. The van der Waals surface area contributed by atoms with Gasteiger partial charge in [-0.2, -0.15) is 0 Å². The third-order valence-electron chi connectivity index (χ3n) is 4.19. The van der Waals surface area contributed by atoms with Gasteiger partial charge in [0.25, 0.3) is 15.9 Å². The summed E-state index contributed by atoms with van der Waals surface area (Å²) in [6.45, 7) is -0.0730. The van der Waals surface area contributed by atoms with Crippen LogP contribution in [-0.2, 0) is 14.9 Å². The maximum atomic E-state index is 12.6. The van der Waals surface area contributed by atoms with Crippen LogP contribution in [0.3, 0.4) is 0 Å². The van der Waals surface area contributed by atoms with Gasteiger partial charge in [0.15, 0.2) is 6.10 Å². The van der Waals surface area contributed by atoms with E-state index in [1.165, 1.54) is 12.1 Å². The van der Waals surface area contributed by atoms with Crippen molar-refractivity contribution in [1.82, 2.24) is 4.31 Å². The zero-order chi connectivity index (χ0) is 17.6. The number of rotatable bonds is 3. The fourth-order valence-electron chi connectivity index (χ4n) is 2.94. The number of carbonyl (C=O) groups is 1. The molecule has 8 heteroatoms. The summed E-state index contributed by atoms with van der Waals surface area (Å²) >= 11 is 5.87. The normalized spacial score (nSPS) is 21.0. The number of fused-ring (bicyclic) bond motifs is 1. The van der Waals surface area contributed by atoms with E-state index >= 15 is 0 Å². The largest absolute Gasteiger partial charge is 0.390 e. The lowest BCUT2D eigenvalue weighted by Crippen LogP contribution is -2.37. The van der Waals surface area contributed by atoms with Crippen molar-refractivity contribution >= 4 is 33.2 Å². The summed E-state index contributed by atoms with van der Waals surface area (Å²) in [5.74, 6) is -0.529. The lowest BCUT2D eigenvalue weighted by atomic mass is 10.1. The third-order valence-corrected chi connectivity index (χ3v) is 6.25. The average molecular weight is 377 g/mol. The van der Waals surface area contributed by atoms with Gasteiger partial charge >= 0.3 is 0 Å². The minimum Gasteiger partial charge on any atom is -0.390 e. The molecule has 128 valence electrons. The standard InChI is InChI=1S/C17H13ClN2O4S/c18-12-7-5-11(6-8-12)15-9-13(24-19-15)10-20-17(21)14-3-1-2-4-16(14)25(20,22)23/h1-8,13H,9-10H2/t13-/m0/s1. The maximum absolute atomic E-state index is 12.6. The van der Waals surface area contributed by atoms with Crippen molar-refractivity contribution in [1.29, 1.82) is 0 Å². The topological polar surface area (TPSA) is 76.0 Å². The number of oxime groups is 1. The SMILES string of the molecule is O=C1c2ccccc2S(=O)(=O)N1C[C@@H]1CC(c2ccc(Cl)cc2)=NO1. The molecule has 2 aliphatic rings. The Morgan fingerprint density at radius 2 is 1.88 bits per heavy atom. The van der Waals surface area contributed by atoms with Crippen molar-refractivity contribution in [3.8, 4) is 0 Å². The molecule has 6 nitrogen and oxygen atoms in total. The molecule has 1 atom stereocenters. The van der Waals surface area contributed by atoms with Gasteiger partial charge in [0.2, 0.25) is 0 Å².